The second-order valence-electron chi connectivity index (χ2n) is 3.33. The second-order valence-corrected chi connectivity index (χ2v) is 3.33. The van der Waals surface area contributed by atoms with E-state index in [0.717, 1.165) is 0 Å². The largest absolute Gasteiger partial charge is 0.382 e. The van der Waals surface area contributed by atoms with Crippen LogP contribution in [-0.2, 0) is 18.9 Å². The zero-order valence-corrected chi connectivity index (χ0v) is 11.6. The Balaban J connectivity index is -0.000000507. The molecule has 0 aliphatic rings. The number of ether oxygens (including phenoxy) is 4. The summed E-state index contributed by atoms with van der Waals surface area (Å²) in [5.74, 6) is 0. The van der Waals surface area contributed by atoms with Gasteiger partial charge in [0.2, 0.25) is 0 Å². The summed E-state index contributed by atoms with van der Waals surface area (Å²) in [4.78, 5) is 0. The van der Waals surface area contributed by atoms with Crippen LogP contribution in [0.25, 0.3) is 0 Å². The van der Waals surface area contributed by atoms with Crippen LogP contribution in [0.2, 0.25) is 0 Å². The average Bonchev–Trinajstić information content (AvgIpc) is 2.33. The molecule has 0 spiro atoms. The molecular formula is C12H31NO4. The minimum absolute atomic E-state index is 0. The lowest BCUT2D eigenvalue weighted by Crippen LogP contribution is -2.14. The van der Waals surface area contributed by atoms with Crippen molar-refractivity contribution in [2.45, 2.75) is 20.3 Å². The van der Waals surface area contributed by atoms with Crippen molar-refractivity contribution < 1.29 is 20.4 Å². The van der Waals surface area contributed by atoms with Crippen molar-refractivity contribution in [3.8, 4) is 0 Å². The summed E-state index contributed by atoms with van der Waals surface area (Å²) in [6.45, 7) is 9.01. The van der Waals surface area contributed by atoms with E-state index in [0.29, 0.717) is 52.8 Å². The average molecular weight is 253 g/mol. The van der Waals surface area contributed by atoms with Crippen molar-refractivity contribution in [3.63, 3.8) is 0 Å². The van der Waals surface area contributed by atoms with E-state index in [1.54, 1.807) is 7.11 Å². The van der Waals surface area contributed by atoms with E-state index in [-0.39, 0.29) is 1.43 Å². The first kappa shape index (κ1) is 19.1. The monoisotopic (exact) mass is 253 g/mol. The maximum Gasteiger partial charge on any atom is 0.0701 e. The first-order valence-electron chi connectivity index (χ1n) is 6.25. The zero-order chi connectivity index (χ0) is 13.2. The fraction of sp³-hybridized carbons (Fsp3) is 1.00. The molecule has 0 aliphatic carbocycles. The number of methoxy groups -OCH3 is 1. The van der Waals surface area contributed by atoms with Gasteiger partial charge in [0.1, 0.15) is 0 Å². The van der Waals surface area contributed by atoms with E-state index in [1.165, 1.54) is 6.42 Å². The molecule has 0 aromatic heterocycles. The number of rotatable bonds is 11. The Labute approximate surface area is 107 Å². The Morgan fingerprint density at radius 1 is 0.765 bits per heavy atom. The molecular weight excluding hydrogens is 222 g/mol. The van der Waals surface area contributed by atoms with Crippen LogP contribution in [0.1, 0.15) is 21.7 Å². The summed E-state index contributed by atoms with van der Waals surface area (Å²) in [6, 6.07) is 0. The van der Waals surface area contributed by atoms with Gasteiger partial charge < -0.3 is 24.7 Å². The topological polar surface area (TPSA) is 62.9 Å². The molecule has 0 fully saturated rings. The highest BCUT2D eigenvalue weighted by Crippen LogP contribution is 1.81. The molecule has 0 aromatic rings. The summed E-state index contributed by atoms with van der Waals surface area (Å²) < 4.78 is 20.4. The van der Waals surface area contributed by atoms with Crippen LogP contribution in [0.3, 0.4) is 0 Å². The normalized spacial score (nSPS) is 9.88. The van der Waals surface area contributed by atoms with Gasteiger partial charge in [0.05, 0.1) is 46.2 Å². The van der Waals surface area contributed by atoms with Gasteiger partial charge in [-0.15, -0.1) is 0 Å². The number of hydrogen-bond donors (Lipinski definition) is 1. The van der Waals surface area contributed by atoms with E-state index >= 15 is 0 Å². The molecule has 0 aliphatic heterocycles. The van der Waals surface area contributed by atoms with Crippen LogP contribution in [0, 0.1) is 0 Å². The predicted molar refractivity (Wildman–Crippen MR) is 71.5 cm³/mol. The first-order valence-corrected chi connectivity index (χ1v) is 6.25. The van der Waals surface area contributed by atoms with Crippen LogP contribution in [-0.4, -0.2) is 59.9 Å². The molecule has 0 atom stereocenters. The van der Waals surface area contributed by atoms with Gasteiger partial charge in [-0.25, -0.2) is 0 Å². The Morgan fingerprint density at radius 3 is 1.47 bits per heavy atom. The molecule has 0 bridgehead atoms. The zero-order valence-electron chi connectivity index (χ0n) is 11.6. The summed E-state index contributed by atoms with van der Waals surface area (Å²) in [6.07, 6.45) is 1.25. The summed E-state index contributed by atoms with van der Waals surface area (Å²) in [5.41, 5.74) is 5.24. The molecule has 0 heterocycles. The summed E-state index contributed by atoms with van der Waals surface area (Å²) >= 11 is 0. The van der Waals surface area contributed by atoms with Crippen LogP contribution in [0.15, 0.2) is 0 Å². The third-order valence-electron chi connectivity index (χ3n) is 1.44. The molecule has 108 valence electrons. The van der Waals surface area contributed by atoms with Crippen molar-refractivity contribution in [2.24, 2.45) is 5.73 Å². The standard InChI is InChI=1S/C9H21NO4.C3H8.H2/c1-11-4-5-13-8-9-14-7-6-12-3-2-10;1-3-2;/h2-10H2,1H3;3H2,1-2H3;1H. The fourth-order valence-corrected chi connectivity index (χ4v) is 0.767. The second kappa shape index (κ2) is 21.1. The minimum Gasteiger partial charge on any atom is -0.382 e. The van der Waals surface area contributed by atoms with E-state index in [2.05, 4.69) is 13.8 Å². The van der Waals surface area contributed by atoms with Crippen LogP contribution < -0.4 is 5.73 Å². The molecule has 17 heavy (non-hydrogen) atoms. The Bertz CT molecular complexity index is 108. The predicted octanol–water partition coefficient (Wildman–Crippen LogP) is 1.30. The molecule has 0 unspecified atom stereocenters. The van der Waals surface area contributed by atoms with Crippen molar-refractivity contribution in [2.75, 3.05) is 59.9 Å². The third-order valence-corrected chi connectivity index (χ3v) is 1.44. The van der Waals surface area contributed by atoms with Gasteiger partial charge in [-0.1, -0.05) is 20.3 Å². The van der Waals surface area contributed by atoms with Crippen LogP contribution in [0.5, 0.6) is 0 Å². The van der Waals surface area contributed by atoms with Gasteiger partial charge in [0, 0.05) is 15.1 Å². The van der Waals surface area contributed by atoms with Gasteiger partial charge >= 0.3 is 0 Å². The fourth-order valence-electron chi connectivity index (χ4n) is 0.767. The highest BCUT2D eigenvalue weighted by molar-refractivity contribution is 4.34. The van der Waals surface area contributed by atoms with E-state index in [4.69, 9.17) is 24.7 Å². The molecule has 0 saturated carbocycles. The summed E-state index contributed by atoms with van der Waals surface area (Å²) in [7, 11) is 1.65. The Hall–Kier alpha value is -0.200. The highest BCUT2D eigenvalue weighted by Gasteiger charge is 1.90. The highest BCUT2D eigenvalue weighted by atomic mass is 16.6. The van der Waals surface area contributed by atoms with Crippen molar-refractivity contribution in [3.05, 3.63) is 0 Å². The maximum atomic E-state index is 5.24. The van der Waals surface area contributed by atoms with E-state index < -0.39 is 0 Å². The third kappa shape index (κ3) is 25.8. The lowest BCUT2D eigenvalue weighted by molar-refractivity contribution is 0.00468. The molecule has 0 rings (SSSR count). The molecule has 2 N–H and O–H groups in total. The summed E-state index contributed by atoms with van der Waals surface area (Å²) in [5, 5.41) is 0. The van der Waals surface area contributed by atoms with Crippen molar-refractivity contribution in [1.82, 2.24) is 0 Å². The molecule has 5 nitrogen and oxygen atoms in total. The van der Waals surface area contributed by atoms with Gasteiger partial charge in [-0.3, -0.25) is 0 Å². The Kier molecular flexibility index (Phi) is 23.8. The SMILES string of the molecule is CCC.COCCOCCOCCOCCN.[HH]. The number of hydrogen-bond acceptors (Lipinski definition) is 5. The van der Waals surface area contributed by atoms with E-state index in [9.17, 15) is 0 Å². The van der Waals surface area contributed by atoms with Gasteiger partial charge in [-0.05, 0) is 0 Å². The van der Waals surface area contributed by atoms with Gasteiger partial charge in [0.25, 0.3) is 0 Å². The lowest BCUT2D eigenvalue weighted by Gasteiger charge is -2.05. The van der Waals surface area contributed by atoms with Crippen molar-refractivity contribution in [1.29, 1.82) is 0 Å². The molecule has 0 radical (unpaired) electrons. The molecule has 0 aromatic carbocycles. The van der Waals surface area contributed by atoms with Gasteiger partial charge in [0.15, 0.2) is 0 Å². The molecule has 0 saturated heterocycles. The minimum atomic E-state index is 0. The quantitative estimate of drug-likeness (QED) is 0.562. The van der Waals surface area contributed by atoms with Crippen LogP contribution >= 0.6 is 0 Å². The van der Waals surface area contributed by atoms with Crippen LogP contribution in [0.4, 0.5) is 0 Å². The maximum absolute atomic E-state index is 5.24. The van der Waals surface area contributed by atoms with E-state index in [1.807, 2.05) is 0 Å². The van der Waals surface area contributed by atoms with Gasteiger partial charge in [-0.2, -0.15) is 0 Å². The molecule has 5 heteroatoms. The number of nitrogens with two attached hydrogens (primary N) is 1. The Morgan fingerprint density at radius 2 is 1.12 bits per heavy atom. The van der Waals surface area contributed by atoms with Crippen molar-refractivity contribution >= 4 is 0 Å². The molecule has 0 amide bonds. The first-order chi connectivity index (χ1) is 8.33. The smallest absolute Gasteiger partial charge is 0.0701 e. The lowest BCUT2D eigenvalue weighted by atomic mass is 10.6.